The number of nitrogens with one attached hydrogen (secondary N) is 2. The van der Waals surface area contributed by atoms with Crippen LogP contribution in [0.4, 0.5) is 5.82 Å². The SMILES string of the molecule is c1ccc(C[NH+]2CCO[C@H](CNc3nc(-c4cccnc4)nc4ccccc34)C2)cc1. The first-order valence-corrected chi connectivity index (χ1v) is 10.8. The first-order valence-electron chi connectivity index (χ1n) is 10.8. The fourth-order valence-corrected chi connectivity index (χ4v) is 4.08. The highest BCUT2D eigenvalue weighted by Gasteiger charge is 2.24. The van der Waals surface area contributed by atoms with Gasteiger partial charge in [-0.2, -0.15) is 0 Å². The zero-order valence-electron chi connectivity index (χ0n) is 17.4. The Morgan fingerprint density at radius 1 is 0.968 bits per heavy atom. The maximum absolute atomic E-state index is 6.06. The minimum atomic E-state index is 0.142. The molecule has 156 valence electrons. The number of rotatable bonds is 6. The molecule has 1 fully saturated rings. The van der Waals surface area contributed by atoms with E-state index in [1.807, 2.05) is 30.3 Å². The van der Waals surface area contributed by atoms with E-state index in [9.17, 15) is 0 Å². The second-order valence-electron chi connectivity index (χ2n) is 7.89. The molecule has 5 rings (SSSR count). The highest BCUT2D eigenvalue weighted by atomic mass is 16.5. The Hall–Kier alpha value is -3.35. The Bertz CT molecular complexity index is 1140. The first-order chi connectivity index (χ1) is 15.3. The monoisotopic (exact) mass is 412 g/mol. The number of anilines is 1. The van der Waals surface area contributed by atoms with Gasteiger partial charge in [-0.15, -0.1) is 0 Å². The van der Waals surface area contributed by atoms with E-state index >= 15 is 0 Å². The summed E-state index contributed by atoms with van der Waals surface area (Å²) in [6.45, 7) is 4.53. The number of morpholine rings is 1. The van der Waals surface area contributed by atoms with Gasteiger partial charge >= 0.3 is 0 Å². The van der Waals surface area contributed by atoms with E-state index in [1.165, 1.54) is 5.56 Å². The van der Waals surface area contributed by atoms with Crippen LogP contribution in [0.25, 0.3) is 22.3 Å². The van der Waals surface area contributed by atoms with Gasteiger partial charge in [0.25, 0.3) is 0 Å². The Kier molecular flexibility index (Phi) is 5.82. The molecule has 1 saturated heterocycles. The molecule has 2 aromatic carbocycles. The summed E-state index contributed by atoms with van der Waals surface area (Å²) in [5, 5.41) is 4.56. The third kappa shape index (κ3) is 4.71. The molecule has 0 spiro atoms. The van der Waals surface area contributed by atoms with Gasteiger partial charge in [0.15, 0.2) is 5.82 Å². The van der Waals surface area contributed by atoms with Crippen molar-refractivity contribution >= 4 is 16.7 Å². The number of benzene rings is 2. The topological polar surface area (TPSA) is 64.4 Å². The van der Waals surface area contributed by atoms with Crippen LogP contribution in [0.5, 0.6) is 0 Å². The Morgan fingerprint density at radius 3 is 2.71 bits per heavy atom. The third-order valence-corrected chi connectivity index (χ3v) is 5.64. The van der Waals surface area contributed by atoms with E-state index in [4.69, 9.17) is 14.7 Å². The average Bonchev–Trinajstić information content (AvgIpc) is 2.84. The van der Waals surface area contributed by atoms with Crippen molar-refractivity contribution in [3.05, 3.63) is 84.7 Å². The molecule has 0 aliphatic carbocycles. The van der Waals surface area contributed by atoms with Crippen molar-refractivity contribution in [2.24, 2.45) is 0 Å². The molecule has 1 unspecified atom stereocenters. The van der Waals surface area contributed by atoms with Gasteiger partial charge in [-0.05, 0) is 24.3 Å². The normalized spacial score (nSPS) is 18.7. The molecule has 6 nitrogen and oxygen atoms in total. The lowest BCUT2D eigenvalue weighted by molar-refractivity contribution is -0.924. The zero-order valence-corrected chi connectivity index (χ0v) is 17.4. The molecule has 6 heteroatoms. The van der Waals surface area contributed by atoms with Crippen LogP contribution in [0.3, 0.4) is 0 Å². The lowest BCUT2D eigenvalue weighted by atomic mass is 10.2. The molecule has 31 heavy (non-hydrogen) atoms. The standard InChI is InChI=1S/C25H25N5O/c1-2-7-19(8-3-1)17-30-13-14-31-21(18-30)16-27-25-22-10-4-5-11-23(22)28-24(29-25)20-9-6-12-26-15-20/h1-12,15,21H,13-14,16-18H2,(H,27,28,29)/p+1/t21-/m1/s1. The van der Waals surface area contributed by atoms with E-state index in [1.54, 1.807) is 17.3 Å². The van der Waals surface area contributed by atoms with Gasteiger partial charge in [-0.3, -0.25) is 4.98 Å². The summed E-state index contributed by atoms with van der Waals surface area (Å²) in [6.07, 6.45) is 3.69. The minimum absolute atomic E-state index is 0.142. The number of pyridine rings is 1. The fraction of sp³-hybridized carbons (Fsp3) is 0.240. The Morgan fingerprint density at radius 2 is 1.84 bits per heavy atom. The predicted molar refractivity (Wildman–Crippen MR) is 122 cm³/mol. The second kappa shape index (κ2) is 9.20. The van der Waals surface area contributed by atoms with Crippen molar-refractivity contribution in [3.63, 3.8) is 0 Å². The molecule has 0 radical (unpaired) electrons. The molecule has 2 N–H and O–H groups in total. The smallest absolute Gasteiger partial charge is 0.163 e. The summed E-state index contributed by atoms with van der Waals surface area (Å²) < 4.78 is 6.06. The van der Waals surface area contributed by atoms with Crippen LogP contribution in [0.15, 0.2) is 79.1 Å². The number of nitrogens with zero attached hydrogens (tertiary/aromatic N) is 3. The quantitative estimate of drug-likeness (QED) is 0.510. The lowest BCUT2D eigenvalue weighted by Crippen LogP contribution is -3.13. The number of para-hydroxylation sites is 1. The summed E-state index contributed by atoms with van der Waals surface area (Å²) in [5.41, 5.74) is 3.19. The van der Waals surface area contributed by atoms with Gasteiger partial charge in [0.2, 0.25) is 0 Å². The highest BCUT2D eigenvalue weighted by Crippen LogP contribution is 2.24. The number of aromatic nitrogens is 3. The van der Waals surface area contributed by atoms with Gasteiger partial charge in [0.1, 0.15) is 31.6 Å². The van der Waals surface area contributed by atoms with Crippen molar-refractivity contribution < 1.29 is 9.64 Å². The van der Waals surface area contributed by atoms with Crippen LogP contribution in [0.2, 0.25) is 0 Å². The minimum Gasteiger partial charge on any atom is -0.367 e. The molecule has 1 aliphatic heterocycles. The van der Waals surface area contributed by atoms with E-state index in [2.05, 4.69) is 46.7 Å². The molecule has 4 aromatic rings. The predicted octanol–water partition coefficient (Wildman–Crippen LogP) is 2.59. The Labute approximate surface area is 181 Å². The van der Waals surface area contributed by atoms with Crippen LogP contribution >= 0.6 is 0 Å². The largest absolute Gasteiger partial charge is 0.367 e. The Balaban J connectivity index is 1.32. The number of ether oxygens (including phenoxy) is 1. The molecule has 2 atom stereocenters. The van der Waals surface area contributed by atoms with Crippen molar-refractivity contribution in [3.8, 4) is 11.4 Å². The van der Waals surface area contributed by atoms with Crippen LogP contribution < -0.4 is 10.2 Å². The van der Waals surface area contributed by atoms with E-state index in [0.717, 1.165) is 48.5 Å². The fourth-order valence-electron chi connectivity index (χ4n) is 4.08. The number of quaternary nitrogens is 1. The average molecular weight is 413 g/mol. The van der Waals surface area contributed by atoms with Crippen molar-refractivity contribution in [1.82, 2.24) is 15.0 Å². The van der Waals surface area contributed by atoms with Crippen LogP contribution in [-0.2, 0) is 11.3 Å². The van der Waals surface area contributed by atoms with Gasteiger partial charge in [0, 0.05) is 35.5 Å². The second-order valence-corrected chi connectivity index (χ2v) is 7.89. The number of hydrogen-bond donors (Lipinski definition) is 2. The summed E-state index contributed by atoms with van der Waals surface area (Å²) >= 11 is 0. The van der Waals surface area contributed by atoms with E-state index in [-0.39, 0.29) is 6.10 Å². The van der Waals surface area contributed by atoms with Gasteiger partial charge in [0.05, 0.1) is 12.1 Å². The number of fused-ring (bicyclic) bond motifs is 1. The molecule has 1 aliphatic rings. The first kappa shape index (κ1) is 19.6. The van der Waals surface area contributed by atoms with Crippen molar-refractivity contribution in [2.75, 3.05) is 31.6 Å². The highest BCUT2D eigenvalue weighted by molar-refractivity contribution is 5.90. The summed E-state index contributed by atoms with van der Waals surface area (Å²) in [4.78, 5) is 15.3. The molecule has 2 aromatic heterocycles. The summed E-state index contributed by atoms with van der Waals surface area (Å²) in [6, 6.07) is 22.6. The molecule has 0 saturated carbocycles. The molecular weight excluding hydrogens is 386 g/mol. The van der Waals surface area contributed by atoms with E-state index < -0.39 is 0 Å². The molecule has 0 bridgehead atoms. The maximum atomic E-state index is 6.06. The van der Waals surface area contributed by atoms with Crippen LogP contribution in [0.1, 0.15) is 5.56 Å². The van der Waals surface area contributed by atoms with Gasteiger partial charge < -0.3 is 15.0 Å². The lowest BCUT2D eigenvalue weighted by Gasteiger charge is -2.30. The molecule has 3 heterocycles. The van der Waals surface area contributed by atoms with Gasteiger partial charge in [-0.1, -0.05) is 42.5 Å². The third-order valence-electron chi connectivity index (χ3n) is 5.64. The summed E-state index contributed by atoms with van der Waals surface area (Å²) in [7, 11) is 0. The molecular formula is C25H26N5O+. The van der Waals surface area contributed by atoms with Crippen LogP contribution in [-0.4, -0.2) is 47.3 Å². The zero-order chi connectivity index (χ0) is 20.9. The van der Waals surface area contributed by atoms with E-state index in [0.29, 0.717) is 12.4 Å². The van der Waals surface area contributed by atoms with Gasteiger partial charge in [-0.25, -0.2) is 9.97 Å². The molecule has 0 amide bonds. The number of hydrogen-bond acceptors (Lipinski definition) is 5. The summed E-state index contributed by atoms with van der Waals surface area (Å²) in [5.74, 6) is 1.51. The van der Waals surface area contributed by atoms with Crippen LogP contribution in [0, 0.1) is 0 Å². The maximum Gasteiger partial charge on any atom is 0.163 e. The van der Waals surface area contributed by atoms with Crippen molar-refractivity contribution in [1.29, 1.82) is 0 Å². The van der Waals surface area contributed by atoms with Crippen molar-refractivity contribution in [2.45, 2.75) is 12.6 Å².